The van der Waals surface area contributed by atoms with Gasteiger partial charge in [-0.25, -0.2) is 0 Å². The number of hydrogen-bond donors (Lipinski definition) is 3. The van der Waals surface area contributed by atoms with Gasteiger partial charge in [0.25, 0.3) is 0 Å². The highest BCUT2D eigenvalue weighted by atomic mass is 35.5. The summed E-state index contributed by atoms with van der Waals surface area (Å²) in [5.74, 6) is 0.877. The van der Waals surface area contributed by atoms with Crippen molar-refractivity contribution in [3.63, 3.8) is 0 Å². The highest BCUT2D eigenvalue weighted by Crippen LogP contribution is 2.28. The number of benzene rings is 1. The Morgan fingerprint density at radius 2 is 1.97 bits per heavy atom. The van der Waals surface area contributed by atoms with Gasteiger partial charge in [-0.1, -0.05) is 30.3 Å². The molecule has 1 fully saturated rings. The fraction of sp³-hybridized carbons (Fsp3) is 0.458. The monoisotopic (exact) mass is 431 g/mol. The Hall–Kier alpha value is -2.24. The molecule has 0 radical (unpaired) electrons. The number of amides is 1. The summed E-state index contributed by atoms with van der Waals surface area (Å²) < 4.78 is 5.34. The van der Waals surface area contributed by atoms with Gasteiger partial charge in [0.15, 0.2) is 0 Å². The third kappa shape index (κ3) is 6.38. The first-order valence-electron chi connectivity index (χ1n) is 10.4. The molecule has 1 amide bonds. The molecule has 2 rings (SSSR count). The van der Waals surface area contributed by atoms with Gasteiger partial charge in [0.1, 0.15) is 5.75 Å². The molecule has 1 aromatic rings. The van der Waals surface area contributed by atoms with Crippen molar-refractivity contribution in [2.24, 2.45) is 11.7 Å². The normalized spacial score (nSPS) is 20.7. The highest BCUT2D eigenvalue weighted by molar-refractivity contribution is 6.29. The summed E-state index contributed by atoms with van der Waals surface area (Å²) in [5.41, 5.74) is 10.6. The van der Waals surface area contributed by atoms with E-state index in [-0.39, 0.29) is 11.8 Å². The summed E-state index contributed by atoms with van der Waals surface area (Å²) in [7, 11) is 1.64. The topological polar surface area (TPSA) is 76.4 Å². The molecule has 0 aromatic heterocycles. The Morgan fingerprint density at radius 1 is 1.30 bits per heavy atom. The number of rotatable bonds is 8. The van der Waals surface area contributed by atoms with Crippen molar-refractivity contribution < 1.29 is 9.53 Å². The number of hydrogen-bond acceptors (Lipinski definition) is 4. The van der Waals surface area contributed by atoms with Crippen LogP contribution in [0.15, 0.2) is 52.7 Å². The lowest BCUT2D eigenvalue weighted by Crippen LogP contribution is -2.37. The molecule has 1 aliphatic carbocycles. The highest BCUT2D eigenvalue weighted by Gasteiger charge is 2.26. The fourth-order valence-corrected chi connectivity index (χ4v) is 3.84. The lowest BCUT2D eigenvalue weighted by Gasteiger charge is -2.29. The molecule has 0 bridgehead atoms. The third-order valence-electron chi connectivity index (χ3n) is 5.82. The summed E-state index contributed by atoms with van der Waals surface area (Å²) >= 11 is 6.10. The van der Waals surface area contributed by atoms with Gasteiger partial charge in [-0.05, 0) is 69.2 Å². The van der Waals surface area contributed by atoms with E-state index in [1.807, 2.05) is 32.0 Å². The molecule has 6 heteroatoms. The summed E-state index contributed by atoms with van der Waals surface area (Å²) in [5, 5.41) is 7.19. The van der Waals surface area contributed by atoms with Crippen molar-refractivity contribution in [3.05, 3.63) is 58.3 Å². The largest absolute Gasteiger partial charge is 0.496 e. The number of nitrogens with one attached hydrogen (secondary N) is 2. The van der Waals surface area contributed by atoms with E-state index in [9.17, 15) is 4.79 Å². The standard InChI is InChI=1S/C24H34ClN3O2/c1-6-15(2)21(23(26)17(4)25)14-27-19-11-8-18(9-12-19)24(29)28-20-10-7-16(3)22(13-20)30-5/h6-7,10,13,18-19,27H,1,8-9,11-12,14,26H2,2-5H3,(H,28,29)/b21-15-,23-17-. The molecule has 0 heterocycles. The molecule has 164 valence electrons. The van der Waals surface area contributed by atoms with Crippen molar-refractivity contribution in [3.8, 4) is 5.75 Å². The van der Waals surface area contributed by atoms with Gasteiger partial charge in [-0.15, -0.1) is 0 Å². The molecule has 4 N–H and O–H groups in total. The van der Waals surface area contributed by atoms with Crippen molar-refractivity contribution in [1.29, 1.82) is 0 Å². The second-order valence-corrected chi connectivity index (χ2v) is 8.48. The van der Waals surface area contributed by atoms with Gasteiger partial charge in [-0.3, -0.25) is 4.79 Å². The zero-order valence-electron chi connectivity index (χ0n) is 18.5. The summed E-state index contributed by atoms with van der Waals surface area (Å²) in [6, 6.07) is 6.08. The molecule has 30 heavy (non-hydrogen) atoms. The number of methoxy groups -OCH3 is 1. The van der Waals surface area contributed by atoms with Crippen LogP contribution >= 0.6 is 11.6 Å². The Kier molecular flexibility index (Phi) is 9.00. The maximum Gasteiger partial charge on any atom is 0.227 e. The van der Waals surface area contributed by atoms with Gasteiger partial charge in [0.05, 0.1) is 12.8 Å². The molecule has 0 spiro atoms. The number of carbonyl (C=O) groups is 1. The summed E-state index contributed by atoms with van der Waals surface area (Å²) in [4.78, 5) is 12.7. The van der Waals surface area contributed by atoms with Gasteiger partial charge in [0, 0.05) is 35.3 Å². The van der Waals surface area contributed by atoms with Crippen LogP contribution in [0, 0.1) is 12.8 Å². The zero-order valence-corrected chi connectivity index (χ0v) is 19.2. The van der Waals surface area contributed by atoms with E-state index < -0.39 is 0 Å². The van der Waals surface area contributed by atoms with Crippen molar-refractivity contribution in [1.82, 2.24) is 5.32 Å². The molecular weight excluding hydrogens is 398 g/mol. The molecule has 0 unspecified atom stereocenters. The predicted octanol–water partition coefficient (Wildman–Crippen LogP) is 5.02. The van der Waals surface area contributed by atoms with Crippen LogP contribution in [-0.2, 0) is 4.79 Å². The van der Waals surface area contributed by atoms with Crippen LogP contribution in [0.3, 0.4) is 0 Å². The first kappa shape index (κ1) is 24.0. The maximum absolute atomic E-state index is 12.7. The number of allylic oxidation sites excluding steroid dienone is 3. The van der Waals surface area contributed by atoms with E-state index in [0.29, 0.717) is 23.3 Å². The van der Waals surface area contributed by atoms with Crippen molar-refractivity contribution in [2.45, 2.75) is 52.5 Å². The first-order chi connectivity index (χ1) is 14.3. The van der Waals surface area contributed by atoms with E-state index in [4.69, 9.17) is 22.1 Å². The quantitative estimate of drug-likeness (QED) is 0.505. The number of carbonyl (C=O) groups excluding carboxylic acids is 1. The maximum atomic E-state index is 12.7. The molecule has 0 aliphatic heterocycles. The lowest BCUT2D eigenvalue weighted by atomic mass is 9.85. The smallest absolute Gasteiger partial charge is 0.227 e. The third-order valence-corrected chi connectivity index (χ3v) is 6.02. The Morgan fingerprint density at radius 3 is 2.53 bits per heavy atom. The predicted molar refractivity (Wildman–Crippen MR) is 126 cm³/mol. The van der Waals surface area contributed by atoms with E-state index in [1.54, 1.807) is 20.1 Å². The van der Waals surface area contributed by atoms with Crippen molar-refractivity contribution >= 4 is 23.2 Å². The number of ether oxygens (including phenoxy) is 1. The van der Waals surface area contributed by atoms with Gasteiger partial charge >= 0.3 is 0 Å². The van der Waals surface area contributed by atoms with Gasteiger partial charge < -0.3 is 21.1 Å². The average Bonchev–Trinajstić information content (AvgIpc) is 2.75. The number of nitrogens with two attached hydrogens (primary N) is 1. The van der Waals surface area contributed by atoms with Crippen LogP contribution in [-0.4, -0.2) is 25.6 Å². The van der Waals surface area contributed by atoms with Crippen LogP contribution < -0.4 is 21.1 Å². The lowest BCUT2D eigenvalue weighted by molar-refractivity contribution is -0.120. The average molecular weight is 432 g/mol. The second-order valence-electron chi connectivity index (χ2n) is 7.92. The molecule has 1 aromatic carbocycles. The Bertz CT molecular complexity index is 833. The Labute approximate surface area is 185 Å². The number of anilines is 1. The minimum absolute atomic E-state index is 0.0234. The first-order valence-corrected chi connectivity index (χ1v) is 10.8. The van der Waals surface area contributed by atoms with Crippen LogP contribution in [0.2, 0.25) is 0 Å². The van der Waals surface area contributed by atoms with E-state index in [1.165, 1.54) is 0 Å². The van der Waals surface area contributed by atoms with E-state index in [2.05, 4.69) is 17.2 Å². The zero-order chi connectivity index (χ0) is 22.3. The minimum Gasteiger partial charge on any atom is -0.496 e. The SMILES string of the molecule is C=C/C(C)=C(CNC1CCC(C(=O)Nc2ccc(C)c(OC)c2)CC1)\C(N)=C(/C)Cl. The number of halogens is 1. The summed E-state index contributed by atoms with van der Waals surface area (Å²) in [6.45, 7) is 10.2. The minimum atomic E-state index is 0.0234. The van der Waals surface area contributed by atoms with Crippen LogP contribution in [0.4, 0.5) is 5.69 Å². The van der Waals surface area contributed by atoms with Crippen LogP contribution in [0.5, 0.6) is 5.75 Å². The molecule has 5 nitrogen and oxygen atoms in total. The van der Waals surface area contributed by atoms with Crippen molar-refractivity contribution in [2.75, 3.05) is 19.0 Å². The molecule has 1 saturated carbocycles. The van der Waals surface area contributed by atoms with E-state index in [0.717, 1.165) is 53.8 Å². The fourth-order valence-electron chi connectivity index (χ4n) is 3.73. The van der Waals surface area contributed by atoms with Crippen LogP contribution in [0.25, 0.3) is 0 Å². The van der Waals surface area contributed by atoms with E-state index >= 15 is 0 Å². The Balaban J connectivity index is 1.89. The number of aryl methyl sites for hydroxylation is 1. The second kappa shape index (κ2) is 11.2. The summed E-state index contributed by atoms with van der Waals surface area (Å²) in [6.07, 6.45) is 5.39. The van der Waals surface area contributed by atoms with Gasteiger partial charge in [0.2, 0.25) is 5.91 Å². The van der Waals surface area contributed by atoms with Crippen LogP contribution in [0.1, 0.15) is 45.1 Å². The molecule has 0 saturated heterocycles. The molecular formula is C24H34ClN3O2. The molecule has 0 atom stereocenters. The molecule has 1 aliphatic rings. The van der Waals surface area contributed by atoms with Gasteiger partial charge in [-0.2, -0.15) is 0 Å².